The topological polar surface area (TPSA) is 70.6 Å². The summed E-state index contributed by atoms with van der Waals surface area (Å²) >= 11 is 5.96. The van der Waals surface area contributed by atoms with E-state index in [1.165, 1.54) is 6.21 Å². The highest BCUT2D eigenvalue weighted by Crippen LogP contribution is 2.22. The van der Waals surface area contributed by atoms with Crippen molar-refractivity contribution in [3.8, 4) is 0 Å². The molecule has 2 rings (SSSR count). The van der Waals surface area contributed by atoms with Gasteiger partial charge in [-0.2, -0.15) is 5.10 Å². The lowest BCUT2D eigenvalue weighted by Gasteiger charge is -2.08. The van der Waals surface area contributed by atoms with Crippen LogP contribution < -0.4 is 10.7 Å². The van der Waals surface area contributed by atoms with Gasteiger partial charge in [-0.1, -0.05) is 47.5 Å². The zero-order valence-electron chi connectivity index (χ0n) is 12.8. The first-order valence-electron chi connectivity index (χ1n) is 6.93. The molecule has 0 fully saturated rings. The van der Waals surface area contributed by atoms with Crippen LogP contribution in [0.25, 0.3) is 0 Å². The summed E-state index contributed by atoms with van der Waals surface area (Å²) < 4.78 is 0. The van der Waals surface area contributed by atoms with E-state index in [9.17, 15) is 9.59 Å². The van der Waals surface area contributed by atoms with E-state index in [2.05, 4.69) is 15.8 Å². The molecular formula is C17H16ClN3O2. The van der Waals surface area contributed by atoms with Crippen LogP contribution in [0.15, 0.2) is 47.6 Å². The zero-order valence-corrected chi connectivity index (χ0v) is 13.5. The van der Waals surface area contributed by atoms with E-state index >= 15 is 0 Å². The van der Waals surface area contributed by atoms with Crippen molar-refractivity contribution in [1.82, 2.24) is 5.43 Å². The third-order valence-electron chi connectivity index (χ3n) is 3.18. The van der Waals surface area contributed by atoms with E-state index < -0.39 is 11.8 Å². The summed E-state index contributed by atoms with van der Waals surface area (Å²) in [6, 6.07) is 12.6. The van der Waals surface area contributed by atoms with E-state index in [1.807, 2.05) is 31.2 Å². The van der Waals surface area contributed by atoms with Crippen LogP contribution >= 0.6 is 11.6 Å². The molecule has 0 aliphatic carbocycles. The third kappa shape index (κ3) is 4.66. The maximum absolute atomic E-state index is 11.8. The van der Waals surface area contributed by atoms with Crippen LogP contribution in [0, 0.1) is 13.8 Å². The number of carbonyl (C=O) groups is 2. The molecule has 23 heavy (non-hydrogen) atoms. The average Bonchev–Trinajstić information content (AvgIpc) is 2.53. The van der Waals surface area contributed by atoms with Crippen molar-refractivity contribution >= 4 is 35.3 Å². The summed E-state index contributed by atoms with van der Waals surface area (Å²) in [5.41, 5.74) is 5.31. The maximum atomic E-state index is 11.8. The Morgan fingerprint density at radius 2 is 1.74 bits per heavy atom. The first-order chi connectivity index (χ1) is 11.0. The van der Waals surface area contributed by atoms with Crippen LogP contribution in [-0.4, -0.2) is 18.0 Å². The molecule has 0 bridgehead atoms. The van der Waals surface area contributed by atoms with Crippen molar-refractivity contribution in [2.75, 3.05) is 5.32 Å². The zero-order chi connectivity index (χ0) is 16.8. The molecule has 2 aromatic carbocycles. The molecule has 2 aromatic rings. The molecule has 0 atom stereocenters. The van der Waals surface area contributed by atoms with Gasteiger partial charge < -0.3 is 5.32 Å². The van der Waals surface area contributed by atoms with Crippen molar-refractivity contribution in [2.24, 2.45) is 5.10 Å². The van der Waals surface area contributed by atoms with Gasteiger partial charge in [-0.15, -0.1) is 0 Å². The predicted octanol–water partition coefficient (Wildman–Crippen LogP) is 3.05. The molecule has 0 saturated carbocycles. The van der Waals surface area contributed by atoms with Gasteiger partial charge in [0.2, 0.25) is 0 Å². The minimum atomic E-state index is -0.854. The maximum Gasteiger partial charge on any atom is 0.329 e. The van der Waals surface area contributed by atoms with Gasteiger partial charge in [0.05, 0.1) is 6.21 Å². The number of carbonyl (C=O) groups excluding carboxylic acids is 2. The summed E-state index contributed by atoms with van der Waals surface area (Å²) in [4.78, 5) is 23.5. The van der Waals surface area contributed by atoms with Gasteiger partial charge in [0, 0.05) is 10.7 Å². The highest BCUT2D eigenvalue weighted by atomic mass is 35.5. The third-order valence-corrected chi connectivity index (χ3v) is 3.59. The molecule has 0 saturated heterocycles. The molecule has 0 unspecified atom stereocenters. The Balaban J connectivity index is 1.94. The summed E-state index contributed by atoms with van der Waals surface area (Å²) in [5.74, 6) is -1.66. The number of nitrogens with zero attached hydrogens (tertiary/aromatic N) is 1. The molecule has 5 nitrogen and oxygen atoms in total. The minimum Gasteiger partial charge on any atom is -0.317 e. The molecule has 0 aromatic heterocycles. The number of hydrogen-bond acceptors (Lipinski definition) is 3. The molecule has 0 spiro atoms. The second-order valence-corrected chi connectivity index (χ2v) is 5.38. The number of anilines is 1. The Hall–Kier alpha value is -2.66. The van der Waals surface area contributed by atoms with Crippen LogP contribution in [0.5, 0.6) is 0 Å². The monoisotopic (exact) mass is 329 g/mol. The summed E-state index contributed by atoms with van der Waals surface area (Å²) in [7, 11) is 0. The fraction of sp³-hybridized carbons (Fsp3) is 0.118. The average molecular weight is 330 g/mol. The molecule has 0 aliphatic rings. The van der Waals surface area contributed by atoms with Crippen molar-refractivity contribution in [3.05, 3.63) is 64.2 Å². The van der Waals surface area contributed by atoms with Crippen molar-refractivity contribution in [2.45, 2.75) is 13.8 Å². The second kappa shape index (κ2) is 7.56. The van der Waals surface area contributed by atoms with E-state index in [-0.39, 0.29) is 0 Å². The molecule has 2 amide bonds. The lowest BCUT2D eigenvalue weighted by molar-refractivity contribution is -0.136. The minimum absolute atomic E-state index is 0.486. The smallest absolute Gasteiger partial charge is 0.317 e. The van der Waals surface area contributed by atoms with Gasteiger partial charge in [0.25, 0.3) is 0 Å². The highest BCUT2D eigenvalue weighted by molar-refractivity contribution is 6.40. The van der Waals surface area contributed by atoms with Crippen molar-refractivity contribution in [1.29, 1.82) is 0 Å². The number of rotatable bonds is 3. The van der Waals surface area contributed by atoms with E-state index in [4.69, 9.17) is 11.6 Å². The number of halogens is 1. The largest absolute Gasteiger partial charge is 0.329 e. The highest BCUT2D eigenvalue weighted by Gasteiger charge is 2.14. The van der Waals surface area contributed by atoms with Gasteiger partial charge in [-0.25, -0.2) is 5.43 Å². The number of benzene rings is 2. The molecule has 6 heteroatoms. The summed E-state index contributed by atoms with van der Waals surface area (Å²) in [6.45, 7) is 3.73. The summed E-state index contributed by atoms with van der Waals surface area (Å²) in [6.07, 6.45) is 1.47. The fourth-order valence-electron chi connectivity index (χ4n) is 1.79. The van der Waals surface area contributed by atoms with Gasteiger partial charge in [0.15, 0.2) is 0 Å². The molecule has 0 heterocycles. The van der Waals surface area contributed by atoms with Gasteiger partial charge in [-0.05, 0) is 37.1 Å². The van der Waals surface area contributed by atoms with Gasteiger partial charge in [0.1, 0.15) is 0 Å². The molecule has 0 radical (unpaired) electrons. The van der Waals surface area contributed by atoms with Crippen molar-refractivity contribution < 1.29 is 9.59 Å². The Bertz CT molecular complexity index is 755. The Kier molecular flexibility index (Phi) is 5.49. The quantitative estimate of drug-likeness (QED) is 0.516. The molecule has 0 aliphatic heterocycles. The van der Waals surface area contributed by atoms with E-state index in [1.54, 1.807) is 25.1 Å². The number of amides is 2. The molecule has 118 valence electrons. The van der Waals surface area contributed by atoms with Crippen LogP contribution in [0.3, 0.4) is 0 Å². The predicted molar refractivity (Wildman–Crippen MR) is 91.7 cm³/mol. The summed E-state index contributed by atoms with van der Waals surface area (Å²) in [5, 5.41) is 6.77. The normalized spacial score (nSPS) is 10.6. The standard InChI is InChI=1S/C17H16ClN3O2/c1-11-6-8-13(9-7-11)10-19-21-17(23)16(22)20-15-5-3-4-14(18)12(15)2/h3-10H,1-2H3,(H,20,22)(H,21,23). The Morgan fingerprint density at radius 1 is 1.04 bits per heavy atom. The fourth-order valence-corrected chi connectivity index (χ4v) is 1.97. The lowest BCUT2D eigenvalue weighted by Crippen LogP contribution is -2.32. The first kappa shape index (κ1) is 16.7. The van der Waals surface area contributed by atoms with Crippen LogP contribution in [0.2, 0.25) is 5.02 Å². The van der Waals surface area contributed by atoms with Crippen LogP contribution in [-0.2, 0) is 9.59 Å². The van der Waals surface area contributed by atoms with Gasteiger partial charge in [-0.3, -0.25) is 9.59 Å². The molecular weight excluding hydrogens is 314 g/mol. The number of hydrogen-bond donors (Lipinski definition) is 2. The van der Waals surface area contributed by atoms with Crippen LogP contribution in [0.4, 0.5) is 5.69 Å². The van der Waals surface area contributed by atoms with Gasteiger partial charge >= 0.3 is 11.8 Å². The van der Waals surface area contributed by atoms with Crippen LogP contribution in [0.1, 0.15) is 16.7 Å². The lowest BCUT2D eigenvalue weighted by atomic mass is 10.2. The first-order valence-corrected chi connectivity index (χ1v) is 7.31. The second-order valence-electron chi connectivity index (χ2n) is 4.98. The number of aryl methyl sites for hydroxylation is 1. The van der Waals surface area contributed by atoms with Crippen molar-refractivity contribution in [3.63, 3.8) is 0 Å². The number of hydrazone groups is 1. The number of nitrogens with one attached hydrogen (secondary N) is 2. The van der Waals surface area contributed by atoms with E-state index in [0.717, 1.165) is 11.1 Å². The molecule has 2 N–H and O–H groups in total. The Labute approximate surface area is 139 Å². The Morgan fingerprint density at radius 3 is 2.43 bits per heavy atom. The SMILES string of the molecule is Cc1ccc(C=NNC(=O)C(=O)Nc2cccc(Cl)c2C)cc1. The van der Waals surface area contributed by atoms with E-state index in [0.29, 0.717) is 16.3 Å².